The Kier molecular flexibility index (Phi) is 10.3. The monoisotopic (exact) mass is 409 g/mol. The number of anilines is 1. The third-order valence-corrected chi connectivity index (χ3v) is 4.45. The van der Waals surface area contributed by atoms with Gasteiger partial charge in [-0.2, -0.15) is 5.10 Å². The van der Waals surface area contributed by atoms with Gasteiger partial charge in [-0.15, -0.1) is 24.8 Å². The molecular formula is C14H21Cl2N5O3S. The zero-order chi connectivity index (χ0) is 16.7. The van der Waals surface area contributed by atoms with Gasteiger partial charge in [0.2, 0.25) is 15.9 Å². The van der Waals surface area contributed by atoms with Crippen LogP contribution in [0, 0.1) is 0 Å². The molecule has 8 nitrogen and oxygen atoms in total. The molecule has 11 heteroatoms. The number of aromatic nitrogens is 2. The fourth-order valence-electron chi connectivity index (χ4n) is 1.89. The summed E-state index contributed by atoms with van der Waals surface area (Å²) < 4.78 is 28.1. The third-order valence-electron chi connectivity index (χ3n) is 2.99. The van der Waals surface area contributed by atoms with Gasteiger partial charge >= 0.3 is 0 Å². The Morgan fingerprint density at radius 1 is 1.24 bits per heavy atom. The molecule has 140 valence electrons. The smallest absolute Gasteiger partial charge is 0.240 e. The first-order valence-electron chi connectivity index (χ1n) is 7.08. The molecule has 0 fully saturated rings. The average molecular weight is 410 g/mol. The van der Waals surface area contributed by atoms with E-state index in [9.17, 15) is 13.2 Å². The summed E-state index contributed by atoms with van der Waals surface area (Å²) in [5, 5.41) is 6.69. The van der Waals surface area contributed by atoms with Crippen molar-refractivity contribution in [2.45, 2.75) is 17.9 Å². The number of carbonyl (C=O) groups is 1. The molecule has 1 heterocycles. The van der Waals surface area contributed by atoms with E-state index in [1.807, 2.05) is 0 Å². The van der Waals surface area contributed by atoms with Gasteiger partial charge in [-0.05, 0) is 24.3 Å². The minimum Gasteiger partial charge on any atom is -0.329 e. The molecule has 0 saturated carbocycles. The highest BCUT2D eigenvalue weighted by Gasteiger charge is 2.14. The Morgan fingerprint density at radius 3 is 2.64 bits per heavy atom. The van der Waals surface area contributed by atoms with Crippen LogP contribution in [0.25, 0.3) is 0 Å². The van der Waals surface area contributed by atoms with Gasteiger partial charge < -0.3 is 11.1 Å². The van der Waals surface area contributed by atoms with E-state index >= 15 is 0 Å². The van der Waals surface area contributed by atoms with Crippen LogP contribution in [0.3, 0.4) is 0 Å². The first kappa shape index (κ1) is 23.4. The number of carbonyl (C=O) groups excluding carboxylic acids is 1. The van der Waals surface area contributed by atoms with Gasteiger partial charge in [-0.25, -0.2) is 13.1 Å². The molecule has 4 N–H and O–H groups in total. The fourth-order valence-corrected chi connectivity index (χ4v) is 2.98. The first-order chi connectivity index (χ1) is 11.0. The number of amides is 1. The Balaban J connectivity index is 0.00000288. The van der Waals surface area contributed by atoms with Crippen LogP contribution in [0.5, 0.6) is 0 Å². The lowest BCUT2D eigenvalue weighted by Gasteiger charge is -2.09. The van der Waals surface area contributed by atoms with Crippen molar-refractivity contribution < 1.29 is 13.2 Å². The summed E-state index contributed by atoms with van der Waals surface area (Å²) in [6.45, 7) is 0.820. The molecule has 0 unspecified atom stereocenters. The predicted octanol–water partition coefficient (Wildman–Crippen LogP) is 0.992. The van der Waals surface area contributed by atoms with Crippen molar-refractivity contribution >= 4 is 46.4 Å². The third kappa shape index (κ3) is 7.41. The number of hydrogen-bond donors (Lipinski definition) is 3. The second-order valence-electron chi connectivity index (χ2n) is 4.78. The van der Waals surface area contributed by atoms with E-state index in [0.717, 1.165) is 0 Å². The van der Waals surface area contributed by atoms with E-state index in [1.54, 1.807) is 35.3 Å². The van der Waals surface area contributed by atoms with Crippen molar-refractivity contribution in [3.63, 3.8) is 0 Å². The highest BCUT2D eigenvalue weighted by atomic mass is 35.5. The van der Waals surface area contributed by atoms with Crippen LogP contribution in [0.4, 0.5) is 5.69 Å². The van der Waals surface area contributed by atoms with Crippen molar-refractivity contribution in [1.29, 1.82) is 0 Å². The summed E-state index contributed by atoms with van der Waals surface area (Å²) in [4.78, 5) is 12.0. The highest BCUT2D eigenvalue weighted by Crippen LogP contribution is 2.15. The van der Waals surface area contributed by atoms with E-state index < -0.39 is 10.0 Å². The maximum atomic E-state index is 12.0. The summed E-state index contributed by atoms with van der Waals surface area (Å²) in [6.07, 6.45) is 3.65. The molecule has 0 saturated heterocycles. The molecule has 0 aliphatic rings. The minimum atomic E-state index is -3.62. The number of aryl methyl sites for hydroxylation is 1. The highest BCUT2D eigenvalue weighted by molar-refractivity contribution is 7.89. The molecule has 0 atom stereocenters. The molecule has 2 aromatic rings. The van der Waals surface area contributed by atoms with Crippen LogP contribution < -0.4 is 15.8 Å². The number of benzene rings is 1. The van der Waals surface area contributed by atoms with Crippen LogP contribution in [0.2, 0.25) is 0 Å². The fraction of sp³-hybridized carbons (Fsp3) is 0.286. The van der Waals surface area contributed by atoms with E-state index in [2.05, 4.69) is 15.1 Å². The standard InChI is InChI=1S/C14H19N5O3S.2ClH/c15-6-8-17-23(21,22)13-4-1-3-12(11-13)18-14(20)5-10-19-9-2-7-16-19;;/h1-4,7,9,11,17H,5-6,8,10,15H2,(H,18,20);2*1H. The molecule has 1 aromatic carbocycles. The number of hydrogen-bond acceptors (Lipinski definition) is 5. The summed E-state index contributed by atoms with van der Waals surface area (Å²) in [6, 6.07) is 7.84. The molecule has 1 amide bonds. The van der Waals surface area contributed by atoms with Gasteiger partial charge in [0.05, 0.1) is 4.90 Å². The number of nitrogens with zero attached hydrogens (tertiary/aromatic N) is 2. The Hall–Kier alpha value is -1.65. The summed E-state index contributed by atoms with van der Waals surface area (Å²) in [5.41, 5.74) is 5.71. The van der Waals surface area contributed by atoms with Crippen molar-refractivity contribution in [3.8, 4) is 0 Å². The van der Waals surface area contributed by atoms with Gasteiger partial charge in [0.1, 0.15) is 0 Å². The number of sulfonamides is 1. The molecule has 0 radical (unpaired) electrons. The zero-order valence-electron chi connectivity index (χ0n) is 13.3. The van der Waals surface area contributed by atoms with E-state index in [4.69, 9.17) is 5.73 Å². The molecule has 0 spiro atoms. The number of rotatable bonds is 8. The van der Waals surface area contributed by atoms with Crippen LogP contribution in [-0.4, -0.2) is 37.2 Å². The predicted molar refractivity (Wildman–Crippen MR) is 101 cm³/mol. The van der Waals surface area contributed by atoms with Crippen molar-refractivity contribution in [3.05, 3.63) is 42.7 Å². The van der Waals surface area contributed by atoms with Gasteiger partial charge in [0.25, 0.3) is 0 Å². The Bertz CT molecular complexity index is 754. The molecule has 1 aromatic heterocycles. The normalized spacial score (nSPS) is 10.4. The van der Waals surface area contributed by atoms with Gasteiger partial charge in [-0.3, -0.25) is 9.48 Å². The topological polar surface area (TPSA) is 119 Å². The number of halogens is 2. The van der Waals surface area contributed by atoms with E-state index in [1.165, 1.54) is 12.1 Å². The second kappa shape index (κ2) is 11.1. The minimum absolute atomic E-state index is 0. The summed E-state index contributed by atoms with van der Waals surface area (Å²) >= 11 is 0. The number of nitrogens with one attached hydrogen (secondary N) is 2. The Morgan fingerprint density at radius 2 is 2.00 bits per heavy atom. The van der Waals surface area contributed by atoms with Crippen LogP contribution in [-0.2, 0) is 21.4 Å². The van der Waals surface area contributed by atoms with Crippen molar-refractivity contribution in [2.75, 3.05) is 18.4 Å². The maximum Gasteiger partial charge on any atom is 0.240 e. The first-order valence-corrected chi connectivity index (χ1v) is 8.56. The maximum absolute atomic E-state index is 12.0. The lowest BCUT2D eigenvalue weighted by molar-refractivity contribution is -0.116. The average Bonchev–Trinajstić information content (AvgIpc) is 3.05. The van der Waals surface area contributed by atoms with Crippen LogP contribution in [0.15, 0.2) is 47.6 Å². The molecule has 2 rings (SSSR count). The molecule has 0 aliphatic carbocycles. The summed E-state index contributed by atoms with van der Waals surface area (Å²) in [7, 11) is -3.62. The lowest BCUT2D eigenvalue weighted by Crippen LogP contribution is -2.29. The van der Waals surface area contributed by atoms with Gasteiger partial charge in [0, 0.05) is 44.1 Å². The quantitative estimate of drug-likeness (QED) is 0.600. The van der Waals surface area contributed by atoms with Gasteiger partial charge in [0.15, 0.2) is 0 Å². The van der Waals surface area contributed by atoms with E-state index in [0.29, 0.717) is 12.2 Å². The van der Waals surface area contributed by atoms with Crippen LogP contribution >= 0.6 is 24.8 Å². The van der Waals surface area contributed by atoms with Crippen molar-refractivity contribution in [2.24, 2.45) is 5.73 Å². The molecule has 25 heavy (non-hydrogen) atoms. The van der Waals surface area contributed by atoms with Gasteiger partial charge in [-0.1, -0.05) is 6.07 Å². The largest absolute Gasteiger partial charge is 0.329 e. The summed E-state index contributed by atoms with van der Waals surface area (Å²) in [5.74, 6) is -0.218. The zero-order valence-corrected chi connectivity index (χ0v) is 15.7. The number of nitrogens with two attached hydrogens (primary N) is 1. The molecule has 0 bridgehead atoms. The molecular weight excluding hydrogens is 389 g/mol. The second-order valence-corrected chi connectivity index (χ2v) is 6.55. The SMILES string of the molecule is Cl.Cl.NCCNS(=O)(=O)c1cccc(NC(=O)CCn2cccn2)c1. The van der Waals surface area contributed by atoms with E-state index in [-0.39, 0.29) is 55.1 Å². The lowest BCUT2D eigenvalue weighted by atomic mass is 10.3. The van der Waals surface area contributed by atoms with Crippen molar-refractivity contribution in [1.82, 2.24) is 14.5 Å². The van der Waals surface area contributed by atoms with Crippen LogP contribution in [0.1, 0.15) is 6.42 Å². The Labute approximate surface area is 159 Å². The molecule has 0 aliphatic heterocycles.